The zero-order valence-electron chi connectivity index (χ0n) is 30.3. The summed E-state index contributed by atoms with van der Waals surface area (Å²) in [5.41, 5.74) is 13.7. The van der Waals surface area contributed by atoms with Crippen molar-refractivity contribution in [3.05, 3.63) is 216 Å². The summed E-state index contributed by atoms with van der Waals surface area (Å²) in [5.74, 6) is 1.81. The first-order valence-corrected chi connectivity index (χ1v) is 19.4. The van der Waals surface area contributed by atoms with Crippen LogP contribution in [0.3, 0.4) is 0 Å². The molecule has 2 aliphatic rings. The molecule has 4 heterocycles. The maximum absolute atomic E-state index is 7.23. The number of benzene rings is 9. The molecular formula is C53H32N2O. The highest BCUT2D eigenvalue weighted by Gasteiger charge is 2.50. The van der Waals surface area contributed by atoms with E-state index in [1.807, 2.05) is 0 Å². The van der Waals surface area contributed by atoms with Crippen molar-refractivity contribution in [2.75, 3.05) is 0 Å². The van der Waals surface area contributed by atoms with Crippen molar-refractivity contribution in [1.29, 1.82) is 0 Å². The van der Waals surface area contributed by atoms with E-state index in [-0.39, 0.29) is 0 Å². The van der Waals surface area contributed by atoms with Gasteiger partial charge in [-0.2, -0.15) is 0 Å². The van der Waals surface area contributed by atoms with Gasteiger partial charge in [-0.3, -0.25) is 0 Å². The molecule has 0 amide bonds. The van der Waals surface area contributed by atoms with Crippen molar-refractivity contribution in [3.63, 3.8) is 0 Å². The van der Waals surface area contributed by atoms with Gasteiger partial charge in [0, 0.05) is 33.0 Å². The van der Waals surface area contributed by atoms with Gasteiger partial charge in [0.1, 0.15) is 11.5 Å². The summed E-state index contributed by atoms with van der Waals surface area (Å²) < 4.78 is 12.1. The van der Waals surface area contributed by atoms with Crippen molar-refractivity contribution in [2.24, 2.45) is 0 Å². The first kappa shape index (κ1) is 30.0. The summed E-state index contributed by atoms with van der Waals surface area (Å²) in [6.45, 7) is 0. The van der Waals surface area contributed by atoms with Gasteiger partial charge < -0.3 is 13.9 Å². The molecule has 2 aliphatic heterocycles. The average molecular weight is 713 g/mol. The number of ether oxygens (including phenoxy) is 1. The van der Waals surface area contributed by atoms with Crippen LogP contribution in [-0.4, -0.2) is 9.13 Å². The zero-order valence-corrected chi connectivity index (χ0v) is 30.3. The van der Waals surface area contributed by atoms with Crippen LogP contribution in [-0.2, 0) is 5.41 Å². The van der Waals surface area contributed by atoms with Crippen LogP contribution in [0.1, 0.15) is 22.3 Å². The van der Waals surface area contributed by atoms with E-state index in [1.165, 1.54) is 65.9 Å². The summed E-state index contributed by atoms with van der Waals surface area (Å²) in [4.78, 5) is 0. The minimum atomic E-state index is -0.621. The molecule has 1 spiro atoms. The van der Waals surface area contributed by atoms with Crippen LogP contribution in [0.2, 0.25) is 0 Å². The number of para-hydroxylation sites is 5. The maximum atomic E-state index is 7.23. The second-order valence-electron chi connectivity index (χ2n) is 15.2. The molecule has 0 N–H and O–H groups in total. The summed E-state index contributed by atoms with van der Waals surface area (Å²) in [6.07, 6.45) is 0. The number of hydrogen-bond donors (Lipinski definition) is 0. The Hall–Kier alpha value is -7.36. The smallest absolute Gasteiger partial charge is 0.142 e. The van der Waals surface area contributed by atoms with Gasteiger partial charge in [0.15, 0.2) is 0 Å². The highest BCUT2D eigenvalue weighted by atomic mass is 16.5. The Morgan fingerprint density at radius 3 is 1.93 bits per heavy atom. The van der Waals surface area contributed by atoms with E-state index in [9.17, 15) is 0 Å². The third kappa shape index (κ3) is 3.72. The molecule has 0 aliphatic carbocycles. The number of hydrogen-bond acceptors (Lipinski definition) is 1. The molecular weight excluding hydrogens is 681 g/mol. The predicted octanol–water partition coefficient (Wildman–Crippen LogP) is 13.5. The lowest BCUT2D eigenvalue weighted by molar-refractivity contribution is 0.439. The summed E-state index contributed by atoms with van der Waals surface area (Å²) >= 11 is 0. The van der Waals surface area contributed by atoms with E-state index in [4.69, 9.17) is 4.74 Å². The van der Waals surface area contributed by atoms with Crippen LogP contribution in [0.15, 0.2) is 194 Å². The van der Waals surface area contributed by atoms with Crippen LogP contribution in [0.25, 0.3) is 76.9 Å². The molecule has 260 valence electrons. The van der Waals surface area contributed by atoms with Gasteiger partial charge >= 0.3 is 0 Å². The van der Waals surface area contributed by atoms with Crippen molar-refractivity contribution in [2.45, 2.75) is 5.41 Å². The number of aromatic nitrogens is 2. The van der Waals surface area contributed by atoms with Crippen LogP contribution >= 0.6 is 0 Å². The Kier molecular flexibility index (Phi) is 5.83. The molecule has 56 heavy (non-hydrogen) atoms. The quantitative estimate of drug-likeness (QED) is 0.175. The molecule has 0 fully saturated rings. The topological polar surface area (TPSA) is 19.1 Å². The van der Waals surface area contributed by atoms with Gasteiger partial charge in [0.2, 0.25) is 0 Å². The standard InChI is InChI=1S/C53H32N2O/c1-2-13-35-32-36(25-24-33(35)12-1)34-26-28-37(29-27-34)54-46-21-8-4-15-40(46)50-48(54)31-30-44-52(50)56-49-23-10-6-18-42(49)53(44)41-17-5-9-22-47(41)55-45-20-7-3-14-38(45)39-16-11-19-43(53)51(39)55/h1-32H. The monoisotopic (exact) mass is 712 g/mol. The Bertz CT molecular complexity index is 3460. The molecule has 0 radical (unpaired) electrons. The largest absolute Gasteiger partial charge is 0.456 e. The summed E-state index contributed by atoms with van der Waals surface area (Å²) in [6, 6.07) is 71.1. The number of fused-ring (bicyclic) bond motifs is 16. The third-order valence-electron chi connectivity index (χ3n) is 12.6. The first-order valence-electron chi connectivity index (χ1n) is 19.4. The van der Waals surface area contributed by atoms with Crippen molar-refractivity contribution in [1.82, 2.24) is 9.13 Å². The minimum absolute atomic E-state index is 0.621. The van der Waals surface area contributed by atoms with Crippen LogP contribution in [0.5, 0.6) is 11.5 Å². The highest BCUT2D eigenvalue weighted by molar-refractivity contribution is 6.15. The van der Waals surface area contributed by atoms with Gasteiger partial charge in [-0.25, -0.2) is 0 Å². The molecule has 1 unspecified atom stereocenters. The van der Waals surface area contributed by atoms with E-state index in [2.05, 4.69) is 203 Å². The summed E-state index contributed by atoms with van der Waals surface area (Å²) in [7, 11) is 0. The SMILES string of the molecule is c1ccc2c(c1)Oc1c(ccc3c1c1ccccc1n3-c1ccc(-c3ccc4ccccc4c3)cc1)C21c2ccccc2-n2c3ccccc3c3cccc1c32. The fourth-order valence-electron chi connectivity index (χ4n) is 10.3. The third-order valence-corrected chi connectivity index (χ3v) is 12.6. The van der Waals surface area contributed by atoms with E-state index in [0.29, 0.717) is 0 Å². The Labute approximate surface area is 322 Å². The first-order chi connectivity index (χ1) is 27.8. The Morgan fingerprint density at radius 1 is 0.393 bits per heavy atom. The number of nitrogens with zero attached hydrogens (tertiary/aromatic N) is 2. The molecule has 3 nitrogen and oxygen atoms in total. The second kappa shape index (κ2) is 10.9. The van der Waals surface area contributed by atoms with E-state index in [0.717, 1.165) is 44.7 Å². The van der Waals surface area contributed by atoms with Gasteiger partial charge in [-0.1, -0.05) is 146 Å². The van der Waals surface area contributed by atoms with E-state index >= 15 is 0 Å². The average Bonchev–Trinajstić information content (AvgIpc) is 3.79. The van der Waals surface area contributed by atoms with E-state index in [1.54, 1.807) is 0 Å². The van der Waals surface area contributed by atoms with Gasteiger partial charge in [-0.15, -0.1) is 0 Å². The molecule has 1 atom stereocenters. The molecule has 11 aromatic rings. The maximum Gasteiger partial charge on any atom is 0.142 e. The molecule has 0 saturated carbocycles. The second-order valence-corrected chi connectivity index (χ2v) is 15.2. The van der Waals surface area contributed by atoms with Crippen LogP contribution in [0.4, 0.5) is 0 Å². The normalized spacial score (nSPS) is 15.4. The molecule has 0 saturated heterocycles. The number of rotatable bonds is 2. The minimum Gasteiger partial charge on any atom is -0.456 e. The van der Waals surface area contributed by atoms with Gasteiger partial charge in [0.25, 0.3) is 0 Å². The van der Waals surface area contributed by atoms with Crippen molar-refractivity contribution >= 4 is 54.4 Å². The van der Waals surface area contributed by atoms with Gasteiger partial charge in [0.05, 0.1) is 38.6 Å². The molecule has 2 aromatic heterocycles. The van der Waals surface area contributed by atoms with Crippen LogP contribution < -0.4 is 4.74 Å². The van der Waals surface area contributed by atoms with Crippen molar-refractivity contribution < 1.29 is 4.74 Å². The fourth-order valence-corrected chi connectivity index (χ4v) is 10.3. The van der Waals surface area contributed by atoms with Crippen LogP contribution in [0, 0.1) is 0 Å². The van der Waals surface area contributed by atoms with Gasteiger partial charge in [-0.05, 0) is 81.6 Å². The lowest BCUT2D eigenvalue weighted by Gasteiger charge is -2.45. The highest BCUT2D eigenvalue weighted by Crippen LogP contribution is 2.62. The summed E-state index contributed by atoms with van der Waals surface area (Å²) in [5, 5.41) is 7.33. The predicted molar refractivity (Wildman–Crippen MR) is 230 cm³/mol. The van der Waals surface area contributed by atoms with E-state index < -0.39 is 5.41 Å². The fraction of sp³-hybridized carbons (Fsp3) is 0.0189. The van der Waals surface area contributed by atoms with Crippen molar-refractivity contribution in [3.8, 4) is 34.0 Å². The zero-order chi connectivity index (χ0) is 36.5. The Balaban J connectivity index is 1.10. The molecule has 0 bridgehead atoms. The lowest BCUT2D eigenvalue weighted by atomic mass is 9.61. The molecule has 13 rings (SSSR count). The Morgan fingerprint density at radius 2 is 1.05 bits per heavy atom. The molecule has 9 aromatic carbocycles. The lowest BCUT2D eigenvalue weighted by Crippen LogP contribution is -2.37. The molecule has 3 heteroatoms.